The van der Waals surface area contributed by atoms with E-state index >= 15 is 0 Å². The Bertz CT molecular complexity index is 481. The minimum atomic E-state index is -0.405. The molecule has 4 nitrogen and oxygen atoms in total. The molecule has 0 N–H and O–H groups in total. The van der Waals surface area contributed by atoms with Crippen LogP contribution in [0.25, 0.3) is 0 Å². The van der Waals surface area contributed by atoms with Crippen molar-refractivity contribution in [1.82, 2.24) is 9.97 Å². The van der Waals surface area contributed by atoms with Crippen molar-refractivity contribution in [2.45, 2.75) is 58.7 Å². The van der Waals surface area contributed by atoms with Gasteiger partial charge in [-0.2, -0.15) is 0 Å². The van der Waals surface area contributed by atoms with Crippen molar-refractivity contribution in [3.8, 4) is 0 Å². The molecule has 0 radical (unpaired) electrons. The summed E-state index contributed by atoms with van der Waals surface area (Å²) in [5.41, 5.74) is 0.753. The predicted molar refractivity (Wildman–Crippen MR) is 83.3 cm³/mol. The highest BCUT2D eigenvalue weighted by Crippen LogP contribution is 2.46. The number of rotatable bonds is 5. The number of halogens is 1. The van der Waals surface area contributed by atoms with E-state index in [1.165, 1.54) is 0 Å². The molecule has 1 aromatic rings. The maximum atomic E-state index is 6.16. The largest absolute Gasteiger partial charge is 0.378 e. The van der Waals surface area contributed by atoms with Gasteiger partial charge in [-0.1, -0.05) is 25.4 Å². The fourth-order valence-electron chi connectivity index (χ4n) is 2.93. The average Bonchev–Trinajstić information content (AvgIpc) is 2.41. The van der Waals surface area contributed by atoms with Gasteiger partial charge in [-0.3, -0.25) is 0 Å². The Morgan fingerprint density at radius 2 is 1.86 bits per heavy atom. The predicted octanol–water partition coefficient (Wildman–Crippen LogP) is 4.11. The van der Waals surface area contributed by atoms with Gasteiger partial charge < -0.3 is 9.47 Å². The smallest absolute Gasteiger partial charge is 0.162 e. The first kappa shape index (κ1) is 16.7. The second kappa shape index (κ2) is 6.59. The summed E-state index contributed by atoms with van der Waals surface area (Å²) in [5, 5.41) is 0.455. The summed E-state index contributed by atoms with van der Waals surface area (Å²) < 4.78 is 11.3. The van der Waals surface area contributed by atoms with Crippen molar-refractivity contribution in [3.05, 3.63) is 22.7 Å². The Morgan fingerprint density at radius 1 is 1.19 bits per heavy atom. The standard InChI is InChI=1S/C16H25ClN2O2/c1-5-21-16(8-6-15(2,3)7-9-16)14-18-12(11-20-4)10-13(17)19-14/h10H,5-9,11H2,1-4H3. The maximum absolute atomic E-state index is 6.16. The number of hydrogen-bond acceptors (Lipinski definition) is 4. The van der Waals surface area contributed by atoms with E-state index in [-0.39, 0.29) is 0 Å². The number of methoxy groups -OCH3 is 1. The SMILES string of the molecule is CCOC1(c2nc(Cl)cc(COC)n2)CCC(C)(C)CC1. The molecule has 1 heterocycles. The highest BCUT2D eigenvalue weighted by Gasteiger charge is 2.42. The van der Waals surface area contributed by atoms with E-state index in [4.69, 9.17) is 21.1 Å². The molecule has 1 saturated carbocycles. The zero-order chi connectivity index (χ0) is 15.5. The fraction of sp³-hybridized carbons (Fsp3) is 0.750. The molecule has 0 bridgehead atoms. The molecular weight excluding hydrogens is 288 g/mol. The highest BCUT2D eigenvalue weighted by molar-refractivity contribution is 6.29. The van der Waals surface area contributed by atoms with Crippen molar-refractivity contribution in [1.29, 1.82) is 0 Å². The van der Waals surface area contributed by atoms with Crippen LogP contribution in [0.1, 0.15) is 58.0 Å². The summed E-state index contributed by atoms with van der Waals surface area (Å²) in [5.74, 6) is 0.708. The zero-order valence-corrected chi connectivity index (χ0v) is 14.2. The summed E-state index contributed by atoms with van der Waals surface area (Å²) in [6, 6.07) is 1.75. The van der Waals surface area contributed by atoms with Crippen molar-refractivity contribution >= 4 is 11.6 Å². The molecule has 1 aliphatic rings. The van der Waals surface area contributed by atoms with E-state index in [9.17, 15) is 0 Å². The van der Waals surface area contributed by atoms with Gasteiger partial charge in [-0.15, -0.1) is 0 Å². The van der Waals surface area contributed by atoms with Crippen LogP contribution in [0.5, 0.6) is 0 Å². The number of hydrogen-bond donors (Lipinski definition) is 0. The zero-order valence-electron chi connectivity index (χ0n) is 13.4. The molecule has 0 spiro atoms. The Labute approximate surface area is 132 Å². The van der Waals surface area contributed by atoms with E-state index < -0.39 is 5.60 Å². The number of aromatic nitrogens is 2. The molecule has 1 aliphatic carbocycles. The van der Waals surface area contributed by atoms with Crippen molar-refractivity contribution in [2.24, 2.45) is 5.41 Å². The summed E-state index contributed by atoms with van der Waals surface area (Å²) >= 11 is 6.16. The van der Waals surface area contributed by atoms with E-state index in [0.29, 0.717) is 29.6 Å². The van der Waals surface area contributed by atoms with Crippen LogP contribution in [0.3, 0.4) is 0 Å². The molecule has 5 heteroatoms. The summed E-state index contributed by atoms with van der Waals surface area (Å²) in [6.45, 7) is 7.71. The Kier molecular flexibility index (Phi) is 5.23. The molecule has 0 unspecified atom stereocenters. The van der Waals surface area contributed by atoms with E-state index in [2.05, 4.69) is 23.8 Å². The van der Waals surface area contributed by atoms with Gasteiger partial charge in [0.1, 0.15) is 10.8 Å². The van der Waals surface area contributed by atoms with E-state index in [0.717, 1.165) is 31.4 Å². The average molecular weight is 313 g/mol. The molecule has 0 amide bonds. The van der Waals surface area contributed by atoms with Gasteiger partial charge >= 0.3 is 0 Å². The molecule has 0 aromatic carbocycles. The highest BCUT2D eigenvalue weighted by atomic mass is 35.5. The first-order chi connectivity index (χ1) is 9.91. The van der Waals surface area contributed by atoms with Crippen LogP contribution in [0.2, 0.25) is 5.15 Å². The molecule has 21 heavy (non-hydrogen) atoms. The molecule has 0 atom stereocenters. The van der Waals surface area contributed by atoms with Gasteiger partial charge in [0.05, 0.1) is 12.3 Å². The Hall–Kier alpha value is -0.710. The molecule has 2 rings (SSSR count). The van der Waals surface area contributed by atoms with E-state index in [1.807, 2.05) is 6.92 Å². The van der Waals surface area contributed by atoms with Gasteiger partial charge in [0.25, 0.3) is 0 Å². The molecule has 118 valence electrons. The molecule has 0 saturated heterocycles. The third-order valence-electron chi connectivity index (χ3n) is 4.28. The van der Waals surface area contributed by atoms with Crippen molar-refractivity contribution in [2.75, 3.05) is 13.7 Å². The van der Waals surface area contributed by atoms with Crippen LogP contribution in [0.4, 0.5) is 0 Å². The van der Waals surface area contributed by atoms with Crippen LogP contribution < -0.4 is 0 Å². The Balaban J connectivity index is 2.34. The van der Waals surface area contributed by atoms with Crippen molar-refractivity contribution < 1.29 is 9.47 Å². The topological polar surface area (TPSA) is 44.2 Å². The van der Waals surface area contributed by atoms with Gasteiger partial charge in [0.15, 0.2) is 5.82 Å². The lowest BCUT2D eigenvalue weighted by molar-refractivity contribution is -0.0950. The first-order valence-electron chi connectivity index (χ1n) is 7.58. The lowest BCUT2D eigenvalue weighted by Gasteiger charge is -2.42. The lowest BCUT2D eigenvalue weighted by Crippen LogP contribution is -2.39. The van der Waals surface area contributed by atoms with Crippen LogP contribution in [0.15, 0.2) is 6.07 Å². The molecule has 1 aromatic heterocycles. The van der Waals surface area contributed by atoms with E-state index in [1.54, 1.807) is 13.2 Å². The molecule has 1 fully saturated rings. The normalized spacial score (nSPS) is 20.4. The Morgan fingerprint density at radius 3 is 2.43 bits per heavy atom. The summed E-state index contributed by atoms with van der Waals surface area (Å²) in [7, 11) is 1.65. The third-order valence-corrected chi connectivity index (χ3v) is 4.47. The lowest BCUT2D eigenvalue weighted by atomic mass is 9.70. The van der Waals surface area contributed by atoms with Crippen molar-refractivity contribution in [3.63, 3.8) is 0 Å². The quantitative estimate of drug-likeness (QED) is 0.768. The summed E-state index contributed by atoms with van der Waals surface area (Å²) in [6.07, 6.45) is 4.06. The van der Waals surface area contributed by atoms with Gasteiger partial charge in [-0.05, 0) is 44.1 Å². The third kappa shape index (κ3) is 3.93. The van der Waals surface area contributed by atoms with Gasteiger partial charge in [0, 0.05) is 13.7 Å². The second-order valence-corrected chi connectivity index (χ2v) is 6.92. The molecule has 0 aliphatic heterocycles. The fourth-order valence-corrected chi connectivity index (χ4v) is 3.14. The molecular formula is C16H25ClN2O2. The number of ether oxygens (including phenoxy) is 2. The monoisotopic (exact) mass is 312 g/mol. The minimum Gasteiger partial charge on any atom is -0.378 e. The maximum Gasteiger partial charge on any atom is 0.162 e. The van der Waals surface area contributed by atoms with Crippen LogP contribution in [0, 0.1) is 5.41 Å². The van der Waals surface area contributed by atoms with Crippen LogP contribution in [-0.4, -0.2) is 23.7 Å². The number of nitrogens with zero attached hydrogens (tertiary/aromatic N) is 2. The second-order valence-electron chi connectivity index (χ2n) is 6.53. The van der Waals surface area contributed by atoms with Gasteiger partial charge in [-0.25, -0.2) is 9.97 Å². The van der Waals surface area contributed by atoms with Crippen LogP contribution in [-0.2, 0) is 21.7 Å². The first-order valence-corrected chi connectivity index (χ1v) is 7.95. The van der Waals surface area contributed by atoms with Gasteiger partial charge in [0.2, 0.25) is 0 Å². The minimum absolute atomic E-state index is 0.356. The summed E-state index contributed by atoms with van der Waals surface area (Å²) in [4.78, 5) is 9.09. The van der Waals surface area contributed by atoms with Crippen LogP contribution >= 0.6 is 11.6 Å².